The van der Waals surface area contributed by atoms with Gasteiger partial charge in [0.15, 0.2) is 5.65 Å². The molecule has 2 aromatic heterocycles. The summed E-state index contributed by atoms with van der Waals surface area (Å²) >= 11 is 6.50. The van der Waals surface area contributed by atoms with Gasteiger partial charge in [-0.25, -0.2) is 9.97 Å². The minimum atomic E-state index is 0.749. The second-order valence-electron chi connectivity index (χ2n) is 9.36. The number of piperazine rings is 1. The number of nitrogens with zero attached hydrogens (tertiary/aromatic N) is 5. The van der Waals surface area contributed by atoms with Crippen LogP contribution in [0.15, 0.2) is 91.4 Å². The second-order valence-corrected chi connectivity index (χ2v) is 9.76. The Morgan fingerprint density at radius 3 is 2.28 bits per heavy atom. The maximum absolute atomic E-state index is 6.50. The van der Waals surface area contributed by atoms with Gasteiger partial charge in [0.25, 0.3) is 0 Å². The number of aryl methyl sites for hydroxylation is 1. The topological polar surface area (TPSA) is 37.2 Å². The molecular formula is C30H28ClN5. The van der Waals surface area contributed by atoms with Gasteiger partial charge in [-0.15, -0.1) is 0 Å². The first-order chi connectivity index (χ1) is 17.7. The van der Waals surface area contributed by atoms with E-state index in [1.807, 2.05) is 19.1 Å². The number of hydrogen-bond acceptors (Lipinski definition) is 4. The number of fused-ring (bicyclic) bond motifs is 1. The van der Waals surface area contributed by atoms with Crippen LogP contribution in [0.4, 0.5) is 5.82 Å². The highest BCUT2D eigenvalue weighted by molar-refractivity contribution is 6.31. The van der Waals surface area contributed by atoms with E-state index in [2.05, 4.69) is 87.3 Å². The maximum atomic E-state index is 6.50. The van der Waals surface area contributed by atoms with Gasteiger partial charge in [-0.05, 0) is 35.7 Å². The van der Waals surface area contributed by atoms with E-state index in [0.717, 1.165) is 77.0 Å². The van der Waals surface area contributed by atoms with Crippen LogP contribution in [0.3, 0.4) is 0 Å². The Balaban J connectivity index is 1.39. The molecule has 0 bridgehead atoms. The van der Waals surface area contributed by atoms with E-state index in [-0.39, 0.29) is 0 Å². The highest BCUT2D eigenvalue weighted by Crippen LogP contribution is 2.37. The van der Waals surface area contributed by atoms with Crippen molar-refractivity contribution in [2.75, 3.05) is 31.1 Å². The second kappa shape index (κ2) is 9.76. The minimum absolute atomic E-state index is 0.749. The van der Waals surface area contributed by atoms with Crippen molar-refractivity contribution in [1.82, 2.24) is 19.4 Å². The lowest BCUT2D eigenvalue weighted by atomic mass is 10.1. The van der Waals surface area contributed by atoms with Crippen molar-refractivity contribution in [2.24, 2.45) is 0 Å². The molecule has 6 heteroatoms. The molecule has 1 aliphatic heterocycles. The summed E-state index contributed by atoms with van der Waals surface area (Å²) in [5.74, 6) is 0.996. The molecule has 0 N–H and O–H groups in total. The van der Waals surface area contributed by atoms with Crippen molar-refractivity contribution in [3.8, 4) is 16.8 Å². The quantitative estimate of drug-likeness (QED) is 0.285. The number of anilines is 1. The Morgan fingerprint density at radius 1 is 0.833 bits per heavy atom. The fourth-order valence-electron chi connectivity index (χ4n) is 5.01. The van der Waals surface area contributed by atoms with E-state index in [4.69, 9.17) is 21.6 Å². The van der Waals surface area contributed by atoms with Crippen LogP contribution < -0.4 is 4.90 Å². The van der Waals surface area contributed by atoms with Crippen LogP contribution in [0.5, 0.6) is 0 Å². The zero-order valence-corrected chi connectivity index (χ0v) is 21.1. The summed E-state index contributed by atoms with van der Waals surface area (Å²) in [5.41, 5.74) is 6.59. The van der Waals surface area contributed by atoms with Gasteiger partial charge in [-0.1, -0.05) is 78.3 Å². The molecule has 0 amide bonds. The van der Waals surface area contributed by atoms with Gasteiger partial charge in [0.1, 0.15) is 12.1 Å². The van der Waals surface area contributed by atoms with E-state index >= 15 is 0 Å². The predicted octanol–water partition coefficient (Wildman–Crippen LogP) is 6.37. The predicted molar refractivity (Wildman–Crippen MR) is 148 cm³/mol. The smallest absolute Gasteiger partial charge is 0.150 e. The monoisotopic (exact) mass is 493 g/mol. The SMILES string of the molecule is Cc1ccc(-n2cc(-c3ccccc3)c3c(N4CCN(Cc5ccccc5)CC4)ncnc32)cc1Cl. The first-order valence-corrected chi connectivity index (χ1v) is 12.7. The summed E-state index contributed by atoms with van der Waals surface area (Å²) in [6.45, 7) is 6.84. The summed E-state index contributed by atoms with van der Waals surface area (Å²) in [4.78, 5) is 14.5. The van der Waals surface area contributed by atoms with Crippen LogP contribution in [-0.2, 0) is 6.54 Å². The van der Waals surface area contributed by atoms with Crippen molar-refractivity contribution in [2.45, 2.75) is 13.5 Å². The van der Waals surface area contributed by atoms with Crippen molar-refractivity contribution in [1.29, 1.82) is 0 Å². The summed E-state index contributed by atoms with van der Waals surface area (Å²) in [7, 11) is 0. The zero-order valence-electron chi connectivity index (χ0n) is 20.3. The average Bonchev–Trinajstić information content (AvgIpc) is 3.32. The molecule has 6 rings (SSSR count). The van der Waals surface area contributed by atoms with E-state index < -0.39 is 0 Å². The van der Waals surface area contributed by atoms with E-state index in [0.29, 0.717) is 0 Å². The van der Waals surface area contributed by atoms with E-state index in [1.165, 1.54) is 5.56 Å². The Hall–Kier alpha value is -3.67. The van der Waals surface area contributed by atoms with Crippen LogP contribution in [0.1, 0.15) is 11.1 Å². The van der Waals surface area contributed by atoms with Gasteiger partial charge >= 0.3 is 0 Å². The molecule has 0 aliphatic carbocycles. The summed E-state index contributed by atoms with van der Waals surface area (Å²) in [6.07, 6.45) is 3.86. The first-order valence-electron chi connectivity index (χ1n) is 12.4. The fourth-order valence-corrected chi connectivity index (χ4v) is 5.18. The standard InChI is InChI=1S/C30H28ClN5/c1-22-12-13-25(18-27(22)31)36-20-26(24-10-6-3-7-11-24)28-29(32-21-33-30(28)36)35-16-14-34(15-17-35)19-23-8-4-2-5-9-23/h2-13,18,20-21H,14-17,19H2,1H3. The average molecular weight is 494 g/mol. The van der Waals surface area contributed by atoms with Crippen LogP contribution in [-0.4, -0.2) is 45.6 Å². The van der Waals surface area contributed by atoms with Gasteiger partial charge < -0.3 is 9.47 Å². The van der Waals surface area contributed by atoms with Gasteiger partial charge in [0.2, 0.25) is 0 Å². The molecular weight excluding hydrogens is 466 g/mol. The van der Waals surface area contributed by atoms with Gasteiger partial charge in [0.05, 0.1) is 5.39 Å². The lowest BCUT2D eigenvalue weighted by molar-refractivity contribution is 0.249. The Bertz CT molecular complexity index is 1490. The highest BCUT2D eigenvalue weighted by Gasteiger charge is 2.24. The van der Waals surface area contributed by atoms with Gasteiger partial charge in [0, 0.05) is 55.2 Å². The molecule has 0 spiro atoms. The number of aromatic nitrogens is 3. The molecule has 5 aromatic rings. The van der Waals surface area contributed by atoms with E-state index in [9.17, 15) is 0 Å². The Morgan fingerprint density at radius 2 is 1.56 bits per heavy atom. The van der Waals surface area contributed by atoms with E-state index in [1.54, 1.807) is 6.33 Å². The number of rotatable bonds is 5. The highest BCUT2D eigenvalue weighted by atomic mass is 35.5. The normalized spacial score (nSPS) is 14.4. The number of halogens is 1. The molecule has 1 fully saturated rings. The molecule has 5 nitrogen and oxygen atoms in total. The zero-order chi connectivity index (χ0) is 24.5. The molecule has 1 saturated heterocycles. The van der Waals surface area contributed by atoms with Crippen LogP contribution in [0.25, 0.3) is 27.8 Å². The molecule has 180 valence electrons. The number of hydrogen-bond donors (Lipinski definition) is 0. The van der Waals surface area contributed by atoms with Crippen molar-refractivity contribution >= 4 is 28.5 Å². The molecule has 36 heavy (non-hydrogen) atoms. The lowest BCUT2D eigenvalue weighted by Gasteiger charge is -2.35. The maximum Gasteiger partial charge on any atom is 0.150 e. The third-order valence-electron chi connectivity index (χ3n) is 7.00. The van der Waals surface area contributed by atoms with Crippen LogP contribution in [0, 0.1) is 6.92 Å². The third kappa shape index (κ3) is 4.36. The molecule has 0 atom stereocenters. The first kappa shape index (κ1) is 22.8. The molecule has 0 saturated carbocycles. The lowest BCUT2D eigenvalue weighted by Crippen LogP contribution is -2.46. The molecule has 0 radical (unpaired) electrons. The summed E-state index contributed by atoms with van der Waals surface area (Å²) < 4.78 is 2.14. The molecule has 1 aliphatic rings. The third-order valence-corrected chi connectivity index (χ3v) is 7.41. The summed E-state index contributed by atoms with van der Waals surface area (Å²) in [6, 6.07) is 27.4. The van der Waals surface area contributed by atoms with Crippen molar-refractivity contribution in [3.05, 3.63) is 108 Å². The summed E-state index contributed by atoms with van der Waals surface area (Å²) in [5, 5.41) is 1.83. The van der Waals surface area contributed by atoms with Gasteiger partial charge in [-0.3, -0.25) is 4.90 Å². The molecule has 3 aromatic carbocycles. The van der Waals surface area contributed by atoms with Crippen molar-refractivity contribution < 1.29 is 0 Å². The Labute approximate surface area is 216 Å². The van der Waals surface area contributed by atoms with Crippen LogP contribution >= 0.6 is 11.6 Å². The van der Waals surface area contributed by atoms with Crippen LogP contribution in [0.2, 0.25) is 5.02 Å². The largest absolute Gasteiger partial charge is 0.353 e. The fraction of sp³-hybridized carbons (Fsp3) is 0.200. The molecule has 0 unspecified atom stereocenters. The minimum Gasteiger partial charge on any atom is -0.353 e. The van der Waals surface area contributed by atoms with Crippen molar-refractivity contribution in [3.63, 3.8) is 0 Å². The Kier molecular flexibility index (Phi) is 6.18. The number of benzene rings is 3. The van der Waals surface area contributed by atoms with Gasteiger partial charge in [-0.2, -0.15) is 0 Å². The molecule has 3 heterocycles.